The van der Waals surface area contributed by atoms with Crippen LogP contribution in [0.5, 0.6) is 0 Å². The predicted molar refractivity (Wildman–Crippen MR) is 103 cm³/mol. The second-order valence-corrected chi connectivity index (χ2v) is 6.74. The van der Waals surface area contributed by atoms with Gasteiger partial charge in [-0.3, -0.25) is 14.3 Å². The molecular formula is C17H24N6O7. The van der Waals surface area contributed by atoms with Gasteiger partial charge in [0.25, 0.3) is 5.56 Å². The number of aliphatic hydroxyl groups excluding tert-OH is 2. The van der Waals surface area contributed by atoms with Gasteiger partial charge in [-0.05, 0) is 6.92 Å². The summed E-state index contributed by atoms with van der Waals surface area (Å²) in [5.74, 6) is -0.564. The van der Waals surface area contributed by atoms with Crippen LogP contribution in [0.4, 0.5) is 5.95 Å². The van der Waals surface area contributed by atoms with Gasteiger partial charge in [0.15, 0.2) is 17.4 Å². The van der Waals surface area contributed by atoms with E-state index in [1.807, 2.05) is 0 Å². The molecule has 13 nitrogen and oxygen atoms in total. The second kappa shape index (κ2) is 9.30. The molecule has 3 rings (SSSR count). The lowest BCUT2D eigenvalue weighted by atomic mass is 10.1. The van der Waals surface area contributed by atoms with Gasteiger partial charge in [0.05, 0.1) is 25.9 Å². The minimum Gasteiger partial charge on any atom is -0.464 e. The van der Waals surface area contributed by atoms with E-state index in [0.717, 1.165) is 0 Å². The highest BCUT2D eigenvalue weighted by atomic mass is 16.6. The topological polar surface area (TPSA) is 164 Å². The van der Waals surface area contributed by atoms with Crippen LogP contribution in [0.1, 0.15) is 13.2 Å². The summed E-state index contributed by atoms with van der Waals surface area (Å²) >= 11 is 0. The number of nitrogens with one attached hydrogen (secondary N) is 1. The first kappa shape index (κ1) is 21.8. The summed E-state index contributed by atoms with van der Waals surface area (Å²) in [5.41, 5.74) is -0.329. The van der Waals surface area contributed by atoms with E-state index in [1.165, 1.54) is 17.2 Å². The van der Waals surface area contributed by atoms with E-state index in [-0.39, 0.29) is 23.7 Å². The molecule has 30 heavy (non-hydrogen) atoms. The molecule has 164 valence electrons. The number of aliphatic hydroxyl groups is 2. The normalized spacial score (nSPS) is 24.0. The molecule has 0 saturated carbocycles. The average molecular weight is 424 g/mol. The highest BCUT2D eigenvalue weighted by Gasteiger charge is 2.46. The number of hydrogen-bond acceptors (Lipinski definition) is 10. The number of nitrogens with zero attached hydrogens (tertiary/aromatic N) is 5. The molecule has 2 aromatic heterocycles. The maximum Gasteiger partial charge on any atom is 0.332 e. The first-order valence-corrected chi connectivity index (χ1v) is 9.24. The fourth-order valence-electron chi connectivity index (χ4n) is 2.97. The van der Waals surface area contributed by atoms with Crippen molar-refractivity contribution in [3.8, 4) is 0 Å². The number of fused-ring (bicyclic) bond motifs is 1. The smallest absolute Gasteiger partial charge is 0.332 e. The maximum absolute atomic E-state index is 12.3. The Morgan fingerprint density at radius 3 is 2.93 bits per heavy atom. The van der Waals surface area contributed by atoms with Gasteiger partial charge < -0.3 is 29.3 Å². The van der Waals surface area contributed by atoms with Crippen LogP contribution in [0.3, 0.4) is 0 Å². The molecule has 1 aliphatic rings. The van der Waals surface area contributed by atoms with Gasteiger partial charge in [0.2, 0.25) is 5.95 Å². The third-order valence-electron chi connectivity index (χ3n) is 4.30. The second-order valence-electron chi connectivity index (χ2n) is 6.74. The minimum atomic E-state index is -1.24. The molecule has 1 saturated heterocycles. The molecule has 0 bridgehead atoms. The zero-order valence-electron chi connectivity index (χ0n) is 16.8. The Morgan fingerprint density at radius 2 is 2.27 bits per heavy atom. The van der Waals surface area contributed by atoms with Crippen molar-refractivity contribution in [2.75, 3.05) is 33.9 Å². The van der Waals surface area contributed by atoms with Gasteiger partial charge in [-0.1, -0.05) is 0 Å². The number of aromatic amines is 1. The summed E-state index contributed by atoms with van der Waals surface area (Å²) < 4.78 is 17.5. The van der Waals surface area contributed by atoms with E-state index >= 15 is 0 Å². The molecule has 3 heterocycles. The molecule has 0 radical (unpaired) electrons. The number of carbonyl (C=O) groups is 1. The Hall–Kier alpha value is -2.87. The van der Waals surface area contributed by atoms with Gasteiger partial charge in [-0.2, -0.15) is 4.98 Å². The zero-order chi connectivity index (χ0) is 21.8. The van der Waals surface area contributed by atoms with Crippen molar-refractivity contribution in [1.29, 1.82) is 0 Å². The van der Waals surface area contributed by atoms with Crippen LogP contribution in [0.2, 0.25) is 0 Å². The van der Waals surface area contributed by atoms with Crippen LogP contribution < -0.4 is 5.56 Å². The quantitative estimate of drug-likeness (QED) is 0.259. The van der Waals surface area contributed by atoms with Crippen molar-refractivity contribution in [2.45, 2.75) is 31.5 Å². The number of ether oxygens (including phenoxy) is 3. The van der Waals surface area contributed by atoms with E-state index in [0.29, 0.717) is 0 Å². The molecule has 4 atom stereocenters. The number of imidazole rings is 1. The Balaban J connectivity index is 1.96. The summed E-state index contributed by atoms with van der Waals surface area (Å²) in [6, 6.07) is 0. The summed E-state index contributed by atoms with van der Waals surface area (Å²) in [6.07, 6.45) is -1.47. The van der Waals surface area contributed by atoms with Gasteiger partial charge >= 0.3 is 5.97 Å². The molecule has 3 N–H and O–H groups in total. The maximum atomic E-state index is 12.3. The van der Waals surface area contributed by atoms with Crippen LogP contribution >= 0.6 is 0 Å². The van der Waals surface area contributed by atoms with Gasteiger partial charge in [-0.25, -0.2) is 14.8 Å². The summed E-state index contributed by atoms with van der Waals surface area (Å²) in [6.45, 7) is 0.944. The average Bonchev–Trinajstić information content (AvgIpc) is 3.26. The highest BCUT2D eigenvalue weighted by molar-refractivity contribution is 5.71. The number of hydrogen-bond donors (Lipinski definition) is 3. The Kier molecular flexibility index (Phi) is 6.77. The lowest BCUT2D eigenvalue weighted by Gasteiger charge is -2.21. The van der Waals surface area contributed by atoms with Crippen LogP contribution in [0, 0.1) is 0 Å². The van der Waals surface area contributed by atoms with E-state index in [1.54, 1.807) is 25.9 Å². The lowest BCUT2D eigenvalue weighted by Crippen LogP contribution is -2.36. The van der Waals surface area contributed by atoms with Gasteiger partial charge in [-0.15, -0.1) is 0 Å². The van der Waals surface area contributed by atoms with E-state index in [9.17, 15) is 19.8 Å². The SMILES string of the molecule is CCOC(=O)CO[C@@H]1[C@H](O)[C@@H](CO)O[C@H]1n1cnc2c(=O)[nH]c(N=CN(C)C)nc21. The van der Waals surface area contributed by atoms with Crippen molar-refractivity contribution >= 4 is 29.4 Å². The number of aromatic nitrogens is 4. The van der Waals surface area contributed by atoms with Gasteiger partial charge in [0, 0.05) is 14.1 Å². The van der Waals surface area contributed by atoms with Crippen molar-refractivity contribution in [3.63, 3.8) is 0 Å². The Morgan fingerprint density at radius 1 is 1.50 bits per heavy atom. The molecule has 0 amide bonds. The van der Waals surface area contributed by atoms with Crippen molar-refractivity contribution in [1.82, 2.24) is 24.4 Å². The Labute approximate surface area is 170 Å². The molecule has 1 fully saturated rings. The zero-order valence-corrected chi connectivity index (χ0v) is 16.8. The number of H-pyrrole nitrogens is 1. The van der Waals surface area contributed by atoms with E-state index in [4.69, 9.17) is 14.2 Å². The molecular weight excluding hydrogens is 400 g/mol. The lowest BCUT2D eigenvalue weighted by molar-refractivity contribution is -0.154. The monoisotopic (exact) mass is 424 g/mol. The molecule has 0 aliphatic carbocycles. The largest absolute Gasteiger partial charge is 0.464 e. The fraction of sp³-hybridized carbons (Fsp3) is 0.588. The molecule has 0 spiro atoms. The third kappa shape index (κ3) is 4.48. The molecule has 0 aromatic carbocycles. The fourth-order valence-corrected chi connectivity index (χ4v) is 2.97. The van der Waals surface area contributed by atoms with Crippen LogP contribution in [-0.4, -0.2) is 99.2 Å². The Bertz CT molecular complexity index is 971. The summed E-state index contributed by atoms with van der Waals surface area (Å²) in [4.78, 5) is 40.6. The number of esters is 1. The minimum absolute atomic E-state index is 0.0356. The number of carbonyl (C=O) groups excluding carboxylic acids is 1. The van der Waals surface area contributed by atoms with Crippen molar-refractivity contribution in [2.24, 2.45) is 4.99 Å². The van der Waals surface area contributed by atoms with Crippen LogP contribution in [0.25, 0.3) is 11.2 Å². The highest BCUT2D eigenvalue weighted by Crippen LogP contribution is 2.33. The van der Waals surface area contributed by atoms with Crippen LogP contribution in [0.15, 0.2) is 16.1 Å². The first-order valence-electron chi connectivity index (χ1n) is 9.24. The van der Waals surface area contributed by atoms with E-state index in [2.05, 4.69) is 19.9 Å². The molecule has 0 unspecified atom stereocenters. The van der Waals surface area contributed by atoms with E-state index < -0.39 is 49.3 Å². The standard InChI is InChI=1S/C17H24N6O7/c1-4-28-10(25)6-29-13-12(26)9(5-24)30-16(13)23-8-18-11-14(23)20-17(21-15(11)27)19-7-22(2)3/h7-9,12-13,16,24,26H,4-6H2,1-3H3,(H,20,21,27)/t9-,12-,13-,16-/m1/s1. The third-order valence-corrected chi connectivity index (χ3v) is 4.30. The predicted octanol–water partition coefficient (Wildman–Crippen LogP) is -1.46. The first-order chi connectivity index (χ1) is 14.3. The number of rotatable bonds is 8. The summed E-state index contributed by atoms with van der Waals surface area (Å²) in [5, 5.41) is 20.0. The van der Waals surface area contributed by atoms with Crippen LogP contribution in [-0.2, 0) is 19.0 Å². The molecule has 2 aromatic rings. The molecule has 13 heteroatoms. The van der Waals surface area contributed by atoms with Crippen molar-refractivity contribution in [3.05, 3.63) is 16.7 Å². The van der Waals surface area contributed by atoms with Crippen molar-refractivity contribution < 1.29 is 29.2 Å². The summed E-state index contributed by atoms with van der Waals surface area (Å²) in [7, 11) is 3.53. The van der Waals surface area contributed by atoms with Gasteiger partial charge in [0.1, 0.15) is 24.9 Å². The molecule has 1 aliphatic heterocycles. The number of aliphatic imine (C=N–C) groups is 1.